The second kappa shape index (κ2) is 4.70. The number of hydrogen-bond acceptors (Lipinski definition) is 1. The van der Waals surface area contributed by atoms with E-state index < -0.39 is 0 Å². The van der Waals surface area contributed by atoms with Gasteiger partial charge in [0.2, 0.25) is 0 Å². The summed E-state index contributed by atoms with van der Waals surface area (Å²) in [6.45, 7) is 8.50. The van der Waals surface area contributed by atoms with E-state index in [2.05, 4.69) is 50.0 Å². The molecule has 0 spiro atoms. The van der Waals surface area contributed by atoms with Crippen molar-refractivity contribution in [3.63, 3.8) is 0 Å². The van der Waals surface area contributed by atoms with E-state index in [-0.39, 0.29) is 0 Å². The Balaban J connectivity index is 2.31. The van der Waals surface area contributed by atoms with Gasteiger partial charge in [-0.05, 0) is 68.0 Å². The molecule has 0 atom stereocenters. The van der Waals surface area contributed by atoms with E-state index in [4.69, 9.17) is 0 Å². The van der Waals surface area contributed by atoms with Crippen LogP contribution in [-0.2, 0) is 6.42 Å². The number of aryl methyl sites for hydroxylation is 4. The van der Waals surface area contributed by atoms with E-state index in [1.165, 1.54) is 27.8 Å². The maximum Gasteiger partial charge on any atom is 0.0375 e. The molecule has 17 heavy (non-hydrogen) atoms. The van der Waals surface area contributed by atoms with Crippen LogP contribution in [0.15, 0.2) is 30.5 Å². The molecule has 0 aliphatic carbocycles. The zero-order valence-electron chi connectivity index (χ0n) is 11.0. The van der Waals surface area contributed by atoms with Gasteiger partial charge >= 0.3 is 0 Å². The smallest absolute Gasteiger partial charge is 0.0375 e. The van der Waals surface area contributed by atoms with Gasteiger partial charge in [-0.2, -0.15) is 0 Å². The molecule has 0 radical (unpaired) electrons. The fraction of sp³-hybridized carbons (Fsp3) is 0.312. The first kappa shape index (κ1) is 11.8. The van der Waals surface area contributed by atoms with E-state index in [1.807, 2.05) is 13.1 Å². The normalized spacial score (nSPS) is 10.6. The summed E-state index contributed by atoms with van der Waals surface area (Å²) in [6, 6.07) is 8.89. The number of hydrogen-bond donors (Lipinski definition) is 0. The Bertz CT molecular complexity index is 541. The summed E-state index contributed by atoms with van der Waals surface area (Å²) in [6.07, 6.45) is 2.96. The van der Waals surface area contributed by atoms with Gasteiger partial charge in [0.05, 0.1) is 0 Å². The highest BCUT2D eigenvalue weighted by molar-refractivity contribution is 5.35. The Labute approximate surface area is 104 Å². The van der Waals surface area contributed by atoms with Crippen molar-refractivity contribution >= 4 is 0 Å². The molecule has 0 N–H and O–H groups in total. The molecule has 1 heteroatoms. The van der Waals surface area contributed by atoms with Crippen molar-refractivity contribution in [2.45, 2.75) is 34.1 Å². The van der Waals surface area contributed by atoms with Crippen molar-refractivity contribution in [1.29, 1.82) is 0 Å². The van der Waals surface area contributed by atoms with Crippen molar-refractivity contribution in [2.24, 2.45) is 0 Å². The molecule has 0 saturated carbocycles. The summed E-state index contributed by atoms with van der Waals surface area (Å²) in [5.41, 5.74) is 7.84. The highest BCUT2D eigenvalue weighted by Crippen LogP contribution is 2.16. The molecule has 0 aliphatic rings. The monoisotopic (exact) mass is 225 g/mol. The second-order valence-corrected chi connectivity index (χ2v) is 4.85. The van der Waals surface area contributed by atoms with Crippen LogP contribution in [-0.4, -0.2) is 4.98 Å². The molecule has 0 fully saturated rings. The zero-order valence-corrected chi connectivity index (χ0v) is 11.0. The van der Waals surface area contributed by atoms with Gasteiger partial charge < -0.3 is 0 Å². The van der Waals surface area contributed by atoms with E-state index in [0.29, 0.717) is 0 Å². The highest BCUT2D eigenvalue weighted by atomic mass is 14.7. The molecule has 0 bridgehead atoms. The van der Waals surface area contributed by atoms with Crippen LogP contribution in [0.25, 0.3) is 0 Å². The van der Waals surface area contributed by atoms with Crippen LogP contribution in [0.4, 0.5) is 0 Å². The van der Waals surface area contributed by atoms with Gasteiger partial charge in [0.1, 0.15) is 0 Å². The molecule has 2 rings (SSSR count). The minimum Gasteiger partial charge on any atom is -0.261 e. The molecule has 0 aliphatic heterocycles. The van der Waals surface area contributed by atoms with Crippen molar-refractivity contribution in [3.05, 3.63) is 64.0 Å². The Kier molecular flexibility index (Phi) is 3.28. The van der Waals surface area contributed by atoms with Gasteiger partial charge in [0, 0.05) is 11.9 Å². The lowest BCUT2D eigenvalue weighted by Crippen LogP contribution is -1.95. The Hall–Kier alpha value is -1.63. The molecule has 1 aromatic heterocycles. The molecule has 2 aromatic rings. The van der Waals surface area contributed by atoms with Crippen molar-refractivity contribution in [3.8, 4) is 0 Å². The van der Waals surface area contributed by atoms with Gasteiger partial charge in [0.15, 0.2) is 0 Å². The first-order chi connectivity index (χ1) is 8.06. The molecule has 1 aromatic carbocycles. The van der Waals surface area contributed by atoms with Gasteiger partial charge in [-0.15, -0.1) is 0 Å². The summed E-state index contributed by atoms with van der Waals surface area (Å²) < 4.78 is 0. The lowest BCUT2D eigenvalue weighted by Gasteiger charge is -2.08. The van der Waals surface area contributed by atoms with E-state index in [1.54, 1.807) is 0 Å². The number of rotatable bonds is 2. The second-order valence-electron chi connectivity index (χ2n) is 4.85. The number of pyridine rings is 1. The molecule has 1 nitrogen and oxygen atoms in total. The van der Waals surface area contributed by atoms with Gasteiger partial charge in [-0.1, -0.05) is 18.2 Å². The van der Waals surface area contributed by atoms with Crippen LogP contribution in [0.1, 0.15) is 33.5 Å². The maximum atomic E-state index is 4.31. The van der Waals surface area contributed by atoms with Crippen LogP contribution in [0.2, 0.25) is 0 Å². The van der Waals surface area contributed by atoms with E-state index >= 15 is 0 Å². The largest absolute Gasteiger partial charge is 0.261 e. The van der Waals surface area contributed by atoms with Gasteiger partial charge in [0.25, 0.3) is 0 Å². The number of nitrogens with zero attached hydrogens (tertiary/aromatic N) is 1. The Morgan fingerprint density at radius 2 is 1.65 bits per heavy atom. The van der Waals surface area contributed by atoms with Crippen molar-refractivity contribution in [2.75, 3.05) is 0 Å². The van der Waals surface area contributed by atoms with Crippen molar-refractivity contribution in [1.82, 2.24) is 4.98 Å². The zero-order chi connectivity index (χ0) is 12.4. The minimum atomic E-state index is 0.996. The average Bonchev–Trinajstić information content (AvgIpc) is 2.29. The van der Waals surface area contributed by atoms with Gasteiger partial charge in [-0.3, -0.25) is 4.98 Å². The fourth-order valence-electron chi connectivity index (χ4n) is 2.01. The van der Waals surface area contributed by atoms with Crippen LogP contribution in [0.5, 0.6) is 0 Å². The summed E-state index contributed by atoms with van der Waals surface area (Å²) in [5, 5.41) is 0. The lowest BCUT2D eigenvalue weighted by atomic mass is 9.98. The van der Waals surface area contributed by atoms with E-state index in [0.717, 1.165) is 12.1 Å². The number of aromatic nitrogens is 1. The quantitative estimate of drug-likeness (QED) is 0.755. The molecule has 88 valence electrons. The SMILES string of the molecule is Cc1cc(Cc2ccc(C)c(C)c2)c(C)cn1. The summed E-state index contributed by atoms with van der Waals surface area (Å²) in [7, 11) is 0. The molecule has 1 heterocycles. The van der Waals surface area contributed by atoms with Crippen LogP contribution < -0.4 is 0 Å². The Morgan fingerprint density at radius 3 is 2.35 bits per heavy atom. The molecular weight excluding hydrogens is 206 g/mol. The summed E-state index contributed by atoms with van der Waals surface area (Å²) in [5.74, 6) is 0. The predicted molar refractivity (Wildman–Crippen MR) is 72.4 cm³/mol. The first-order valence-electron chi connectivity index (χ1n) is 6.04. The summed E-state index contributed by atoms with van der Waals surface area (Å²) >= 11 is 0. The lowest BCUT2D eigenvalue weighted by molar-refractivity contribution is 1.08. The number of benzene rings is 1. The van der Waals surface area contributed by atoms with Crippen LogP contribution >= 0.6 is 0 Å². The third-order valence-electron chi connectivity index (χ3n) is 3.32. The van der Waals surface area contributed by atoms with Crippen LogP contribution in [0, 0.1) is 27.7 Å². The fourth-order valence-corrected chi connectivity index (χ4v) is 2.01. The third kappa shape index (κ3) is 2.73. The predicted octanol–water partition coefficient (Wildman–Crippen LogP) is 3.91. The highest BCUT2D eigenvalue weighted by Gasteiger charge is 2.02. The van der Waals surface area contributed by atoms with Crippen LogP contribution in [0.3, 0.4) is 0 Å². The topological polar surface area (TPSA) is 12.9 Å². The third-order valence-corrected chi connectivity index (χ3v) is 3.32. The minimum absolute atomic E-state index is 0.996. The molecule has 0 unspecified atom stereocenters. The molecule has 0 saturated heterocycles. The maximum absolute atomic E-state index is 4.31. The van der Waals surface area contributed by atoms with E-state index in [9.17, 15) is 0 Å². The van der Waals surface area contributed by atoms with Crippen molar-refractivity contribution < 1.29 is 0 Å². The Morgan fingerprint density at radius 1 is 0.882 bits per heavy atom. The molecule has 0 amide bonds. The molecular formula is C16H19N. The standard InChI is InChI=1S/C16H19N/c1-11-5-6-15(7-12(11)2)9-16-8-14(4)17-10-13(16)3/h5-8,10H,9H2,1-4H3. The summed E-state index contributed by atoms with van der Waals surface area (Å²) in [4.78, 5) is 4.31. The van der Waals surface area contributed by atoms with Gasteiger partial charge in [-0.25, -0.2) is 0 Å². The average molecular weight is 225 g/mol. The first-order valence-corrected chi connectivity index (χ1v) is 6.04.